The molecule has 3 aromatic rings. The van der Waals surface area contributed by atoms with Gasteiger partial charge in [0.05, 0.1) is 5.69 Å². The van der Waals surface area contributed by atoms with Gasteiger partial charge in [-0.3, -0.25) is 9.59 Å². The minimum atomic E-state index is -0.726. The molecule has 2 amide bonds. The second kappa shape index (κ2) is 7.70. The minimum absolute atomic E-state index is 0.200. The van der Waals surface area contributed by atoms with E-state index in [0.717, 1.165) is 10.8 Å². The molecule has 0 aliphatic heterocycles. The number of carbonyl (C=O) groups excluding carboxylic acids is 2. The van der Waals surface area contributed by atoms with Gasteiger partial charge in [0.15, 0.2) is 6.10 Å². The van der Waals surface area contributed by atoms with E-state index in [2.05, 4.69) is 10.6 Å². The van der Waals surface area contributed by atoms with Crippen molar-refractivity contribution in [2.75, 3.05) is 10.6 Å². The standard InChI is InChI=1S/C21H20N2O3/c1-14(26-20-10-6-5-9-19(20)22-15(2)24)21(25)23-18-12-11-16-7-3-4-8-17(16)13-18/h3-14H,1-2H3,(H,22,24)(H,23,25)/t14-/m0/s1. The lowest BCUT2D eigenvalue weighted by Crippen LogP contribution is -2.30. The Morgan fingerprint density at radius 1 is 0.885 bits per heavy atom. The third-order valence-electron chi connectivity index (χ3n) is 3.89. The highest BCUT2D eigenvalue weighted by Gasteiger charge is 2.17. The second-order valence-corrected chi connectivity index (χ2v) is 5.99. The van der Waals surface area contributed by atoms with Gasteiger partial charge in [0.1, 0.15) is 5.75 Å². The van der Waals surface area contributed by atoms with E-state index in [1.54, 1.807) is 31.2 Å². The summed E-state index contributed by atoms with van der Waals surface area (Å²) < 4.78 is 5.74. The number of para-hydroxylation sites is 2. The Morgan fingerprint density at radius 3 is 2.35 bits per heavy atom. The summed E-state index contributed by atoms with van der Waals surface area (Å²) in [6.07, 6.45) is -0.726. The van der Waals surface area contributed by atoms with Crippen molar-refractivity contribution in [1.29, 1.82) is 0 Å². The van der Waals surface area contributed by atoms with Crippen LogP contribution in [0.25, 0.3) is 10.8 Å². The van der Waals surface area contributed by atoms with Gasteiger partial charge in [0.25, 0.3) is 5.91 Å². The van der Waals surface area contributed by atoms with Gasteiger partial charge in [0, 0.05) is 12.6 Å². The van der Waals surface area contributed by atoms with Gasteiger partial charge in [-0.15, -0.1) is 0 Å². The maximum atomic E-state index is 12.5. The molecule has 0 spiro atoms. The lowest BCUT2D eigenvalue weighted by molar-refractivity contribution is -0.122. The van der Waals surface area contributed by atoms with E-state index in [-0.39, 0.29) is 11.8 Å². The van der Waals surface area contributed by atoms with Gasteiger partial charge in [-0.25, -0.2) is 0 Å². The first-order valence-electron chi connectivity index (χ1n) is 8.36. The summed E-state index contributed by atoms with van der Waals surface area (Å²) in [5.74, 6) is -0.0175. The smallest absolute Gasteiger partial charge is 0.265 e. The lowest BCUT2D eigenvalue weighted by Gasteiger charge is -2.17. The molecule has 5 nitrogen and oxygen atoms in total. The predicted octanol–water partition coefficient (Wildman–Crippen LogP) is 4.20. The van der Waals surface area contributed by atoms with E-state index in [4.69, 9.17) is 4.74 Å². The second-order valence-electron chi connectivity index (χ2n) is 5.99. The molecule has 26 heavy (non-hydrogen) atoms. The Morgan fingerprint density at radius 2 is 1.58 bits per heavy atom. The van der Waals surface area contributed by atoms with Crippen LogP contribution >= 0.6 is 0 Å². The minimum Gasteiger partial charge on any atom is -0.479 e. The van der Waals surface area contributed by atoms with E-state index in [1.807, 2.05) is 42.5 Å². The third-order valence-corrected chi connectivity index (χ3v) is 3.89. The van der Waals surface area contributed by atoms with Crippen LogP contribution in [-0.4, -0.2) is 17.9 Å². The molecule has 0 saturated heterocycles. The van der Waals surface area contributed by atoms with Crippen LogP contribution in [0.2, 0.25) is 0 Å². The molecule has 0 fully saturated rings. The molecule has 0 radical (unpaired) electrons. The van der Waals surface area contributed by atoms with Crippen molar-refractivity contribution in [1.82, 2.24) is 0 Å². The van der Waals surface area contributed by atoms with Crippen LogP contribution in [0.4, 0.5) is 11.4 Å². The van der Waals surface area contributed by atoms with Crippen LogP contribution < -0.4 is 15.4 Å². The molecular weight excluding hydrogens is 328 g/mol. The van der Waals surface area contributed by atoms with E-state index in [9.17, 15) is 9.59 Å². The van der Waals surface area contributed by atoms with Crippen LogP contribution in [0.15, 0.2) is 66.7 Å². The first-order valence-corrected chi connectivity index (χ1v) is 8.36. The van der Waals surface area contributed by atoms with E-state index in [0.29, 0.717) is 17.1 Å². The Kier molecular flexibility index (Phi) is 5.17. The van der Waals surface area contributed by atoms with Crippen molar-refractivity contribution in [3.63, 3.8) is 0 Å². The van der Waals surface area contributed by atoms with Crippen molar-refractivity contribution in [2.45, 2.75) is 20.0 Å². The van der Waals surface area contributed by atoms with Gasteiger partial charge in [0.2, 0.25) is 5.91 Å². The fourth-order valence-electron chi connectivity index (χ4n) is 2.62. The average molecular weight is 348 g/mol. The summed E-state index contributed by atoms with van der Waals surface area (Å²) in [4.78, 5) is 23.8. The molecule has 0 heterocycles. The molecule has 0 bridgehead atoms. The van der Waals surface area contributed by atoms with E-state index < -0.39 is 6.10 Å². The quantitative estimate of drug-likeness (QED) is 0.726. The summed E-state index contributed by atoms with van der Waals surface area (Å²) >= 11 is 0. The van der Waals surface area contributed by atoms with Crippen LogP contribution in [0, 0.1) is 0 Å². The van der Waals surface area contributed by atoms with Crippen LogP contribution in [0.3, 0.4) is 0 Å². The van der Waals surface area contributed by atoms with Crippen LogP contribution in [0.1, 0.15) is 13.8 Å². The number of hydrogen-bond donors (Lipinski definition) is 2. The highest BCUT2D eigenvalue weighted by molar-refractivity contribution is 5.97. The molecule has 2 N–H and O–H groups in total. The van der Waals surface area contributed by atoms with Crippen LogP contribution in [0.5, 0.6) is 5.75 Å². The van der Waals surface area contributed by atoms with E-state index >= 15 is 0 Å². The molecule has 0 aromatic heterocycles. The molecule has 1 atom stereocenters. The zero-order valence-electron chi connectivity index (χ0n) is 14.7. The van der Waals surface area contributed by atoms with Crippen molar-refractivity contribution in [2.24, 2.45) is 0 Å². The fraction of sp³-hybridized carbons (Fsp3) is 0.143. The predicted molar refractivity (Wildman–Crippen MR) is 103 cm³/mol. The molecule has 0 saturated carbocycles. The summed E-state index contributed by atoms with van der Waals surface area (Å²) in [5, 5.41) is 7.72. The molecular formula is C21H20N2O3. The van der Waals surface area contributed by atoms with Crippen molar-refractivity contribution >= 4 is 34.0 Å². The summed E-state index contributed by atoms with van der Waals surface area (Å²) in [6, 6.07) is 20.7. The number of ether oxygens (including phenoxy) is 1. The zero-order chi connectivity index (χ0) is 18.5. The van der Waals surface area contributed by atoms with Gasteiger partial charge in [-0.2, -0.15) is 0 Å². The van der Waals surface area contributed by atoms with Crippen molar-refractivity contribution in [3.8, 4) is 5.75 Å². The Balaban J connectivity index is 1.70. The molecule has 5 heteroatoms. The summed E-state index contributed by atoms with van der Waals surface area (Å²) in [5.41, 5.74) is 1.24. The molecule has 0 aliphatic carbocycles. The maximum Gasteiger partial charge on any atom is 0.265 e. The lowest BCUT2D eigenvalue weighted by atomic mass is 10.1. The summed E-state index contributed by atoms with van der Waals surface area (Å²) in [6.45, 7) is 3.09. The topological polar surface area (TPSA) is 67.4 Å². The normalized spacial score (nSPS) is 11.6. The monoisotopic (exact) mass is 348 g/mol. The number of amides is 2. The number of rotatable bonds is 5. The first-order chi connectivity index (χ1) is 12.5. The fourth-order valence-corrected chi connectivity index (χ4v) is 2.62. The van der Waals surface area contributed by atoms with Gasteiger partial charge < -0.3 is 15.4 Å². The SMILES string of the molecule is CC(=O)Nc1ccccc1O[C@@H](C)C(=O)Nc1ccc2ccccc2c1. The summed E-state index contributed by atoms with van der Waals surface area (Å²) in [7, 11) is 0. The number of carbonyl (C=O) groups is 2. The average Bonchev–Trinajstić information content (AvgIpc) is 2.62. The number of hydrogen-bond acceptors (Lipinski definition) is 3. The molecule has 0 unspecified atom stereocenters. The van der Waals surface area contributed by atoms with Gasteiger partial charge in [-0.05, 0) is 42.0 Å². The van der Waals surface area contributed by atoms with Gasteiger partial charge >= 0.3 is 0 Å². The Labute approximate surface area is 152 Å². The number of benzene rings is 3. The Hall–Kier alpha value is -3.34. The van der Waals surface area contributed by atoms with Gasteiger partial charge in [-0.1, -0.05) is 42.5 Å². The largest absolute Gasteiger partial charge is 0.479 e. The third kappa shape index (κ3) is 4.19. The molecule has 3 aromatic carbocycles. The molecule has 132 valence electrons. The number of fused-ring (bicyclic) bond motifs is 1. The van der Waals surface area contributed by atoms with E-state index in [1.165, 1.54) is 6.92 Å². The zero-order valence-corrected chi connectivity index (χ0v) is 14.7. The first kappa shape index (κ1) is 17.5. The van der Waals surface area contributed by atoms with Crippen LogP contribution in [-0.2, 0) is 9.59 Å². The maximum absolute atomic E-state index is 12.5. The highest BCUT2D eigenvalue weighted by Crippen LogP contribution is 2.25. The van der Waals surface area contributed by atoms with Crippen molar-refractivity contribution < 1.29 is 14.3 Å². The Bertz CT molecular complexity index is 953. The van der Waals surface area contributed by atoms with Crippen molar-refractivity contribution in [3.05, 3.63) is 66.7 Å². The number of nitrogens with one attached hydrogen (secondary N) is 2. The number of anilines is 2. The molecule has 0 aliphatic rings. The highest BCUT2D eigenvalue weighted by atomic mass is 16.5. The molecule has 3 rings (SSSR count).